The summed E-state index contributed by atoms with van der Waals surface area (Å²) in [5.41, 5.74) is 0. The molecule has 0 fully saturated rings. The van der Waals surface area contributed by atoms with E-state index < -0.39 is 18.4 Å². The van der Waals surface area contributed by atoms with Crippen LogP contribution < -0.4 is 3.58 Å². The fraction of sp³-hybridized carbons (Fsp3) is 0.727. The molecule has 0 radical (unpaired) electrons. The molecule has 0 bridgehead atoms. The second kappa shape index (κ2) is 14.4. The normalized spacial score (nSPS) is 11.8. The Bertz CT molecular complexity index is 428. The molecule has 1 rings (SSSR count). The predicted octanol–water partition coefficient (Wildman–Crippen LogP) is 6.87. The fourth-order valence-corrected chi connectivity index (χ4v) is 23.0. The minimum absolute atomic E-state index is 0.880. The molecule has 1 aromatic rings. The number of benzene rings is 1. The van der Waals surface area contributed by atoms with Crippen LogP contribution in [0.15, 0.2) is 29.2 Å². The van der Waals surface area contributed by atoms with Gasteiger partial charge in [-0.25, -0.2) is 0 Å². The summed E-state index contributed by atoms with van der Waals surface area (Å²) in [5, 5.41) is 0. The summed E-state index contributed by atoms with van der Waals surface area (Å²) < 4.78 is 11.7. The Morgan fingerprint density at radius 2 is 1.40 bits per heavy atom. The first-order valence-electron chi connectivity index (χ1n) is 10.4. The summed E-state index contributed by atoms with van der Waals surface area (Å²) in [6.07, 6.45) is 9.50. The van der Waals surface area contributed by atoms with Crippen LogP contribution in [-0.2, 0) is 4.74 Å². The molecule has 0 heterocycles. The zero-order valence-electron chi connectivity index (χ0n) is 17.1. The number of thioether (sulfide) groups is 1. The summed E-state index contributed by atoms with van der Waals surface area (Å²) >= 11 is -0.225. The summed E-state index contributed by atoms with van der Waals surface area (Å²) in [5.74, 6) is 1.18. The standard InChI is InChI=1S/C10H13OS.3C4H9.Sn/c1-11-8-5-9-12-10-6-3-2-4-7-10;3*1-3-4-2;/h2-4,6H,5,8-9H2,1H3;3*1,3-4H2,2H3;. The molecule has 0 atom stereocenters. The van der Waals surface area contributed by atoms with Crippen molar-refractivity contribution in [2.45, 2.75) is 83.9 Å². The Morgan fingerprint density at radius 1 is 0.840 bits per heavy atom. The van der Waals surface area contributed by atoms with Gasteiger partial charge in [-0.15, -0.1) is 0 Å². The maximum absolute atomic E-state index is 5.24. The van der Waals surface area contributed by atoms with Gasteiger partial charge >= 0.3 is 166 Å². The minimum atomic E-state index is -2.31. The van der Waals surface area contributed by atoms with Crippen molar-refractivity contribution in [2.75, 3.05) is 19.5 Å². The fourth-order valence-electron chi connectivity index (χ4n) is 3.74. The molecule has 0 N–H and O–H groups in total. The third kappa shape index (κ3) is 8.26. The van der Waals surface area contributed by atoms with Crippen LogP contribution in [-0.4, -0.2) is 37.8 Å². The molecule has 0 aliphatic heterocycles. The van der Waals surface area contributed by atoms with E-state index in [9.17, 15) is 0 Å². The Hall–Kier alpha value is 0.329. The first kappa shape index (κ1) is 23.4. The Labute approximate surface area is 165 Å². The van der Waals surface area contributed by atoms with Crippen molar-refractivity contribution in [3.05, 3.63) is 24.3 Å². The molecule has 0 amide bonds. The van der Waals surface area contributed by atoms with Crippen molar-refractivity contribution in [3.63, 3.8) is 0 Å². The Balaban J connectivity index is 3.08. The SMILES string of the molecule is CCC[CH2][Sn]([CH2]CCC)([CH2]CCC)[c]1ccccc1SCCCOC. The van der Waals surface area contributed by atoms with Crippen LogP contribution in [0, 0.1) is 0 Å². The number of hydrogen-bond donors (Lipinski definition) is 0. The van der Waals surface area contributed by atoms with E-state index in [1.165, 1.54) is 44.3 Å². The van der Waals surface area contributed by atoms with Crippen LogP contribution in [0.3, 0.4) is 0 Å². The predicted molar refractivity (Wildman–Crippen MR) is 118 cm³/mol. The van der Waals surface area contributed by atoms with Crippen molar-refractivity contribution in [1.29, 1.82) is 0 Å². The monoisotopic (exact) mass is 472 g/mol. The molecule has 25 heavy (non-hydrogen) atoms. The molecule has 0 saturated carbocycles. The molecule has 0 aliphatic rings. The van der Waals surface area contributed by atoms with E-state index in [1.807, 2.05) is 3.58 Å². The van der Waals surface area contributed by atoms with E-state index >= 15 is 0 Å². The van der Waals surface area contributed by atoms with Crippen LogP contribution in [0.5, 0.6) is 0 Å². The van der Waals surface area contributed by atoms with Crippen LogP contribution in [0.25, 0.3) is 0 Å². The number of rotatable bonds is 15. The van der Waals surface area contributed by atoms with Crippen LogP contribution in [0.4, 0.5) is 0 Å². The Kier molecular flexibility index (Phi) is 13.5. The van der Waals surface area contributed by atoms with Gasteiger partial charge in [0.05, 0.1) is 0 Å². The van der Waals surface area contributed by atoms with Crippen molar-refractivity contribution in [1.82, 2.24) is 0 Å². The molecule has 0 unspecified atom stereocenters. The molecule has 0 saturated heterocycles. The zero-order valence-corrected chi connectivity index (χ0v) is 20.8. The molecule has 3 heteroatoms. The van der Waals surface area contributed by atoms with Crippen LogP contribution in [0.1, 0.15) is 65.7 Å². The van der Waals surface area contributed by atoms with E-state index in [0.29, 0.717) is 0 Å². The Morgan fingerprint density at radius 3 is 1.92 bits per heavy atom. The number of hydrogen-bond acceptors (Lipinski definition) is 2. The van der Waals surface area contributed by atoms with Gasteiger partial charge in [-0.1, -0.05) is 0 Å². The molecule has 1 nitrogen and oxygen atoms in total. The van der Waals surface area contributed by atoms with Crippen LogP contribution in [0.2, 0.25) is 13.3 Å². The van der Waals surface area contributed by atoms with Gasteiger partial charge in [0.25, 0.3) is 0 Å². The average molecular weight is 471 g/mol. The van der Waals surface area contributed by atoms with Gasteiger partial charge in [0.2, 0.25) is 0 Å². The second-order valence-electron chi connectivity index (χ2n) is 7.28. The van der Waals surface area contributed by atoms with E-state index in [0.717, 1.165) is 13.0 Å². The first-order valence-corrected chi connectivity index (χ1v) is 18.9. The summed E-state index contributed by atoms with van der Waals surface area (Å²) in [4.78, 5) is 1.61. The van der Waals surface area contributed by atoms with Crippen molar-refractivity contribution >= 4 is 33.7 Å². The van der Waals surface area contributed by atoms with Crippen molar-refractivity contribution in [2.24, 2.45) is 0 Å². The number of methoxy groups -OCH3 is 1. The maximum atomic E-state index is 5.24. The third-order valence-corrected chi connectivity index (χ3v) is 22.6. The van der Waals surface area contributed by atoms with Gasteiger partial charge in [0.1, 0.15) is 0 Å². The molecule has 0 aliphatic carbocycles. The summed E-state index contributed by atoms with van der Waals surface area (Å²) in [7, 11) is 1.81. The van der Waals surface area contributed by atoms with Gasteiger partial charge in [-0.3, -0.25) is 0 Å². The van der Waals surface area contributed by atoms with Crippen molar-refractivity contribution < 1.29 is 4.74 Å². The summed E-state index contributed by atoms with van der Waals surface area (Å²) in [6.45, 7) is 7.97. The van der Waals surface area contributed by atoms with Gasteiger partial charge in [-0.2, -0.15) is 0 Å². The molecule has 0 spiro atoms. The van der Waals surface area contributed by atoms with Crippen LogP contribution >= 0.6 is 11.8 Å². The molecular weight excluding hydrogens is 431 g/mol. The van der Waals surface area contributed by atoms with E-state index in [2.05, 4.69) is 56.8 Å². The molecule has 0 aromatic heterocycles. The summed E-state index contributed by atoms with van der Waals surface area (Å²) in [6, 6.07) is 9.49. The zero-order chi connectivity index (χ0) is 18.4. The van der Waals surface area contributed by atoms with E-state index in [4.69, 9.17) is 4.74 Å². The average Bonchev–Trinajstić information content (AvgIpc) is 2.65. The van der Waals surface area contributed by atoms with E-state index in [1.54, 1.807) is 25.3 Å². The molecule has 144 valence electrons. The van der Waals surface area contributed by atoms with Gasteiger partial charge < -0.3 is 0 Å². The van der Waals surface area contributed by atoms with Gasteiger partial charge in [-0.05, 0) is 0 Å². The first-order chi connectivity index (χ1) is 12.2. The van der Waals surface area contributed by atoms with Gasteiger partial charge in [0, 0.05) is 0 Å². The van der Waals surface area contributed by atoms with Gasteiger partial charge in [0.15, 0.2) is 0 Å². The topological polar surface area (TPSA) is 9.23 Å². The quantitative estimate of drug-likeness (QED) is 0.157. The number of unbranched alkanes of at least 4 members (excludes halogenated alkanes) is 3. The van der Waals surface area contributed by atoms with E-state index in [-0.39, 0.29) is 0 Å². The second-order valence-corrected chi connectivity index (χ2v) is 21.5. The molecular formula is C22H40OSSn. The third-order valence-electron chi connectivity index (χ3n) is 5.24. The molecule has 1 aromatic carbocycles. The van der Waals surface area contributed by atoms with Crippen molar-refractivity contribution in [3.8, 4) is 0 Å². The number of ether oxygens (including phenoxy) is 1.